The normalized spacial score (nSPS) is 17.8. The van der Waals surface area contributed by atoms with Crippen molar-refractivity contribution in [2.24, 2.45) is 0 Å². The monoisotopic (exact) mass is 360 g/mol. The van der Waals surface area contributed by atoms with E-state index in [-0.39, 0.29) is 31.0 Å². The first kappa shape index (κ1) is 16.2. The number of benzene rings is 1. The van der Waals surface area contributed by atoms with Crippen LogP contribution in [0.2, 0.25) is 0 Å². The molecule has 0 aliphatic carbocycles. The number of rotatable bonds is 3. The molecule has 1 aromatic heterocycles. The first-order valence-corrected chi connectivity index (χ1v) is 7.91. The maximum absolute atomic E-state index is 14.0. The Balaban J connectivity index is 1.44. The molecule has 3 heterocycles. The first-order chi connectivity index (χ1) is 12.5. The molecule has 2 N–H and O–H groups in total. The number of anilines is 1. The minimum absolute atomic E-state index is 0.000393. The van der Waals surface area contributed by atoms with E-state index in [0.717, 1.165) is 17.7 Å². The molecule has 134 valence electrons. The van der Waals surface area contributed by atoms with Crippen LogP contribution in [0, 0.1) is 11.6 Å². The van der Waals surface area contributed by atoms with Crippen molar-refractivity contribution in [2.75, 3.05) is 18.5 Å². The van der Waals surface area contributed by atoms with Gasteiger partial charge in [0.2, 0.25) is 5.91 Å². The summed E-state index contributed by atoms with van der Waals surface area (Å²) in [5.41, 5.74) is 1.55. The van der Waals surface area contributed by atoms with Crippen LogP contribution >= 0.6 is 0 Å². The lowest BCUT2D eigenvalue weighted by atomic mass is 10.1. The highest BCUT2D eigenvalue weighted by molar-refractivity contribution is 5.94. The Morgan fingerprint density at radius 1 is 1.42 bits per heavy atom. The van der Waals surface area contributed by atoms with Gasteiger partial charge in [0.05, 0.1) is 23.8 Å². The van der Waals surface area contributed by atoms with Crippen LogP contribution in [0.25, 0.3) is 0 Å². The van der Waals surface area contributed by atoms with Gasteiger partial charge in [-0.2, -0.15) is 0 Å². The Hall–Kier alpha value is -3.23. The minimum Gasteiger partial charge on any atom is -0.490 e. The van der Waals surface area contributed by atoms with Crippen LogP contribution in [0.15, 0.2) is 30.6 Å². The zero-order valence-electron chi connectivity index (χ0n) is 13.5. The van der Waals surface area contributed by atoms with Gasteiger partial charge in [0.25, 0.3) is 0 Å². The van der Waals surface area contributed by atoms with Crippen LogP contribution in [0.4, 0.5) is 19.3 Å². The van der Waals surface area contributed by atoms with Gasteiger partial charge >= 0.3 is 6.03 Å². The van der Waals surface area contributed by atoms with E-state index in [9.17, 15) is 18.4 Å². The van der Waals surface area contributed by atoms with Gasteiger partial charge in [-0.05, 0) is 6.07 Å². The fourth-order valence-electron chi connectivity index (χ4n) is 3.08. The van der Waals surface area contributed by atoms with Crippen molar-refractivity contribution < 1.29 is 23.1 Å². The number of hydrogen-bond donors (Lipinski definition) is 2. The van der Waals surface area contributed by atoms with E-state index >= 15 is 0 Å². The van der Waals surface area contributed by atoms with Crippen LogP contribution in [0.3, 0.4) is 0 Å². The summed E-state index contributed by atoms with van der Waals surface area (Å²) in [6, 6.07) is 2.36. The minimum atomic E-state index is -0.779. The molecular formula is C17H14F2N4O3. The quantitative estimate of drug-likeness (QED) is 0.877. The first-order valence-electron chi connectivity index (χ1n) is 7.91. The third-order valence-electron chi connectivity index (χ3n) is 4.27. The molecule has 2 aromatic rings. The third kappa shape index (κ3) is 2.92. The van der Waals surface area contributed by atoms with Gasteiger partial charge in [0, 0.05) is 30.1 Å². The molecule has 2 aliphatic rings. The van der Waals surface area contributed by atoms with Gasteiger partial charge in [-0.25, -0.2) is 13.6 Å². The highest BCUT2D eigenvalue weighted by Crippen LogP contribution is 2.35. The lowest BCUT2D eigenvalue weighted by Gasteiger charge is -2.28. The van der Waals surface area contributed by atoms with Gasteiger partial charge < -0.3 is 20.3 Å². The van der Waals surface area contributed by atoms with Crippen LogP contribution in [-0.4, -0.2) is 35.0 Å². The molecule has 0 fully saturated rings. The van der Waals surface area contributed by atoms with Crippen molar-refractivity contribution >= 4 is 17.6 Å². The van der Waals surface area contributed by atoms with Gasteiger partial charge in [-0.15, -0.1) is 0 Å². The van der Waals surface area contributed by atoms with E-state index in [2.05, 4.69) is 15.6 Å². The van der Waals surface area contributed by atoms with Crippen molar-refractivity contribution in [2.45, 2.75) is 12.6 Å². The van der Waals surface area contributed by atoms with E-state index in [0.29, 0.717) is 5.69 Å². The van der Waals surface area contributed by atoms with E-state index in [1.165, 1.54) is 4.90 Å². The van der Waals surface area contributed by atoms with Gasteiger partial charge in [-0.3, -0.25) is 9.78 Å². The second-order valence-corrected chi connectivity index (χ2v) is 6.05. The maximum Gasteiger partial charge on any atom is 0.322 e. The van der Waals surface area contributed by atoms with Crippen molar-refractivity contribution in [3.05, 3.63) is 53.4 Å². The number of aromatic nitrogens is 1. The SMILES string of the molecule is O=C(CN1Cc2cnccc2NC1=O)N[C@H]1COc2cc(F)cc(F)c21. The molecule has 1 aromatic carbocycles. The van der Waals surface area contributed by atoms with E-state index in [4.69, 9.17) is 4.74 Å². The third-order valence-corrected chi connectivity index (χ3v) is 4.27. The van der Waals surface area contributed by atoms with E-state index < -0.39 is 29.6 Å². The number of carbonyl (C=O) groups excluding carboxylic acids is 2. The molecule has 0 saturated heterocycles. The molecule has 0 bridgehead atoms. The lowest BCUT2D eigenvalue weighted by molar-refractivity contribution is -0.122. The van der Waals surface area contributed by atoms with Crippen LogP contribution in [0.1, 0.15) is 17.2 Å². The molecule has 26 heavy (non-hydrogen) atoms. The van der Waals surface area contributed by atoms with E-state index in [1.54, 1.807) is 18.5 Å². The van der Waals surface area contributed by atoms with Gasteiger partial charge in [0.1, 0.15) is 30.5 Å². The standard InChI is InChI=1S/C17H14F2N4O3/c18-10-3-11(19)16-13(8-26-14(16)4-10)21-15(24)7-23-6-9-5-20-2-1-12(9)22-17(23)25/h1-5,13H,6-8H2,(H,21,24)(H,22,25)/t13-/m0/s1. The Morgan fingerprint density at radius 2 is 2.27 bits per heavy atom. The summed E-state index contributed by atoms with van der Waals surface area (Å²) in [6.07, 6.45) is 3.18. The number of urea groups is 1. The zero-order valence-corrected chi connectivity index (χ0v) is 13.5. The topological polar surface area (TPSA) is 83.6 Å². The number of fused-ring (bicyclic) bond motifs is 2. The van der Waals surface area contributed by atoms with E-state index in [1.807, 2.05) is 0 Å². The Kier molecular flexibility index (Phi) is 3.90. The number of nitrogens with zero attached hydrogens (tertiary/aromatic N) is 2. The number of amides is 3. The summed E-state index contributed by atoms with van der Waals surface area (Å²) in [4.78, 5) is 29.7. The number of halogens is 2. The van der Waals surface area contributed by atoms with Gasteiger partial charge in [0.15, 0.2) is 0 Å². The summed E-state index contributed by atoms with van der Waals surface area (Å²) >= 11 is 0. The average Bonchev–Trinajstić information content (AvgIpc) is 2.98. The lowest BCUT2D eigenvalue weighted by Crippen LogP contribution is -2.45. The number of hydrogen-bond acceptors (Lipinski definition) is 4. The maximum atomic E-state index is 14.0. The zero-order chi connectivity index (χ0) is 18.3. The predicted molar refractivity (Wildman–Crippen MR) is 86.4 cm³/mol. The summed E-state index contributed by atoms with van der Waals surface area (Å²) in [5.74, 6) is -1.93. The average molecular weight is 360 g/mol. The fraction of sp³-hybridized carbons (Fsp3) is 0.235. The highest BCUT2D eigenvalue weighted by atomic mass is 19.1. The number of carbonyl (C=O) groups is 2. The molecule has 4 rings (SSSR count). The molecule has 0 radical (unpaired) electrons. The summed E-state index contributed by atoms with van der Waals surface area (Å²) in [6.45, 7) is 0.0228. The van der Waals surface area contributed by atoms with Crippen molar-refractivity contribution in [3.63, 3.8) is 0 Å². The molecule has 0 saturated carbocycles. The molecule has 0 unspecified atom stereocenters. The van der Waals surface area contributed by atoms with Crippen molar-refractivity contribution in [1.29, 1.82) is 0 Å². The van der Waals surface area contributed by atoms with Gasteiger partial charge in [-0.1, -0.05) is 0 Å². The molecule has 0 spiro atoms. The van der Waals surface area contributed by atoms with Crippen molar-refractivity contribution in [3.8, 4) is 5.75 Å². The fourth-order valence-corrected chi connectivity index (χ4v) is 3.08. The molecular weight excluding hydrogens is 346 g/mol. The number of ether oxygens (including phenoxy) is 1. The molecule has 3 amide bonds. The predicted octanol–water partition coefficient (Wildman–Crippen LogP) is 1.96. The molecule has 7 nitrogen and oxygen atoms in total. The molecule has 1 atom stereocenters. The molecule has 9 heteroatoms. The second kappa shape index (κ2) is 6.25. The van der Waals surface area contributed by atoms with Crippen LogP contribution in [-0.2, 0) is 11.3 Å². The Labute approximate surface area is 147 Å². The van der Waals surface area contributed by atoms with Crippen LogP contribution < -0.4 is 15.4 Å². The van der Waals surface area contributed by atoms with Crippen LogP contribution in [0.5, 0.6) is 5.75 Å². The Bertz CT molecular complexity index is 906. The van der Waals surface area contributed by atoms with Crippen molar-refractivity contribution in [1.82, 2.24) is 15.2 Å². The summed E-state index contributed by atoms with van der Waals surface area (Å²) < 4.78 is 32.4. The largest absolute Gasteiger partial charge is 0.490 e. The number of nitrogens with one attached hydrogen (secondary N) is 2. The Morgan fingerprint density at radius 3 is 3.12 bits per heavy atom. The smallest absolute Gasteiger partial charge is 0.322 e. The summed E-state index contributed by atoms with van der Waals surface area (Å²) in [7, 11) is 0. The second-order valence-electron chi connectivity index (χ2n) is 6.05. The summed E-state index contributed by atoms with van der Waals surface area (Å²) in [5, 5.41) is 5.30. The number of pyridine rings is 1. The molecule has 2 aliphatic heterocycles. The highest BCUT2D eigenvalue weighted by Gasteiger charge is 2.31.